The van der Waals surface area contributed by atoms with Gasteiger partial charge in [-0.1, -0.05) is 12.1 Å². The fourth-order valence-corrected chi connectivity index (χ4v) is 2.52. The first-order valence-electron chi connectivity index (χ1n) is 8.54. The molecule has 0 spiro atoms. The lowest BCUT2D eigenvalue weighted by Gasteiger charge is -2.19. The molecule has 8 heteroatoms. The smallest absolute Gasteiger partial charge is 0.251 e. The Hall–Kier alpha value is -2.28. The molecule has 0 saturated carbocycles. The van der Waals surface area contributed by atoms with E-state index in [0.717, 1.165) is 11.3 Å². The number of benzene rings is 1. The van der Waals surface area contributed by atoms with Gasteiger partial charge >= 0.3 is 0 Å². The van der Waals surface area contributed by atoms with Crippen LogP contribution in [0.15, 0.2) is 48.8 Å². The Labute approximate surface area is 177 Å². The molecule has 3 rings (SSSR count). The first kappa shape index (κ1) is 23.8. The molecule has 0 aliphatic rings. The number of hydrogen-bond acceptors (Lipinski definition) is 4. The topological polar surface area (TPSA) is 81.6 Å². The predicted molar refractivity (Wildman–Crippen MR) is 116 cm³/mol. The molecule has 0 bridgehead atoms. The van der Waals surface area contributed by atoms with Gasteiger partial charge in [-0.25, -0.2) is 4.98 Å². The number of carbonyl (C=O) groups is 1. The molecule has 0 unspecified atom stereocenters. The summed E-state index contributed by atoms with van der Waals surface area (Å²) in [7, 11) is 0. The molecule has 6 nitrogen and oxygen atoms in total. The van der Waals surface area contributed by atoms with Crippen molar-refractivity contribution in [2.24, 2.45) is 5.73 Å². The lowest BCUT2D eigenvalue weighted by molar-refractivity contribution is 0.0945. The zero-order valence-corrected chi connectivity index (χ0v) is 17.8. The van der Waals surface area contributed by atoms with Gasteiger partial charge in [0.1, 0.15) is 18.0 Å². The number of imidazole rings is 1. The van der Waals surface area contributed by atoms with Gasteiger partial charge in [0.25, 0.3) is 5.91 Å². The number of hydrogen-bond donors (Lipinski definition) is 2. The van der Waals surface area contributed by atoms with Crippen molar-refractivity contribution in [1.82, 2.24) is 14.7 Å². The Balaban J connectivity index is 0.00000196. The maximum atomic E-state index is 12.2. The van der Waals surface area contributed by atoms with Crippen LogP contribution in [0.2, 0.25) is 0 Å². The van der Waals surface area contributed by atoms with E-state index in [1.807, 2.05) is 55.8 Å². The van der Waals surface area contributed by atoms with Crippen LogP contribution < -0.4 is 15.8 Å². The molecular formula is C20H26Cl2N4O2. The maximum absolute atomic E-state index is 12.2. The van der Waals surface area contributed by atoms with E-state index in [-0.39, 0.29) is 30.7 Å². The van der Waals surface area contributed by atoms with Gasteiger partial charge in [-0.3, -0.25) is 4.79 Å². The fourth-order valence-electron chi connectivity index (χ4n) is 2.52. The summed E-state index contributed by atoms with van der Waals surface area (Å²) >= 11 is 0. The Morgan fingerprint density at radius 1 is 1.21 bits per heavy atom. The fraction of sp³-hybridized carbons (Fsp3) is 0.300. The predicted octanol–water partition coefficient (Wildman–Crippen LogP) is 3.53. The van der Waals surface area contributed by atoms with E-state index in [2.05, 4.69) is 10.3 Å². The zero-order valence-electron chi connectivity index (χ0n) is 16.1. The van der Waals surface area contributed by atoms with Crippen molar-refractivity contribution >= 4 is 36.4 Å². The average molecular weight is 425 g/mol. The third-order valence-electron chi connectivity index (χ3n) is 3.84. The van der Waals surface area contributed by atoms with Crippen LogP contribution in [0.1, 0.15) is 35.5 Å². The van der Waals surface area contributed by atoms with Crippen LogP contribution in [0.5, 0.6) is 5.75 Å². The molecule has 1 amide bonds. The van der Waals surface area contributed by atoms with Gasteiger partial charge < -0.3 is 20.2 Å². The summed E-state index contributed by atoms with van der Waals surface area (Å²) < 4.78 is 7.79. The second-order valence-electron chi connectivity index (χ2n) is 7.19. The highest BCUT2D eigenvalue weighted by atomic mass is 35.5. The summed E-state index contributed by atoms with van der Waals surface area (Å²) in [4.78, 5) is 16.8. The number of halogens is 2. The van der Waals surface area contributed by atoms with Crippen molar-refractivity contribution in [2.45, 2.75) is 32.9 Å². The molecule has 1 aromatic carbocycles. The van der Waals surface area contributed by atoms with Crippen molar-refractivity contribution < 1.29 is 9.53 Å². The first-order chi connectivity index (χ1) is 12.3. The van der Waals surface area contributed by atoms with E-state index in [1.165, 1.54) is 5.56 Å². The number of carbonyl (C=O) groups excluding carboxylic acids is 1. The third-order valence-corrected chi connectivity index (χ3v) is 3.84. The molecule has 2 heterocycles. The van der Waals surface area contributed by atoms with E-state index in [0.29, 0.717) is 24.5 Å². The number of nitrogens with zero attached hydrogens (tertiary/aromatic N) is 2. The van der Waals surface area contributed by atoms with Crippen molar-refractivity contribution in [2.75, 3.05) is 6.54 Å². The van der Waals surface area contributed by atoms with Gasteiger partial charge in [0.15, 0.2) is 0 Å². The number of aromatic nitrogens is 2. The molecule has 0 saturated heterocycles. The Morgan fingerprint density at radius 2 is 1.96 bits per heavy atom. The largest absolute Gasteiger partial charge is 0.487 e. The summed E-state index contributed by atoms with van der Waals surface area (Å²) in [6.07, 6.45) is 3.97. The highest BCUT2D eigenvalue weighted by molar-refractivity contribution is 5.94. The lowest BCUT2D eigenvalue weighted by Crippen LogP contribution is -2.45. The van der Waals surface area contributed by atoms with Crippen molar-refractivity contribution in [3.63, 3.8) is 0 Å². The van der Waals surface area contributed by atoms with Crippen molar-refractivity contribution in [1.29, 1.82) is 0 Å². The highest BCUT2D eigenvalue weighted by Crippen LogP contribution is 2.16. The minimum Gasteiger partial charge on any atom is -0.487 e. The Bertz CT molecular complexity index is 935. The number of nitrogens with two attached hydrogens (primary N) is 1. The minimum absolute atomic E-state index is 0. The molecule has 0 fully saturated rings. The first-order valence-corrected chi connectivity index (χ1v) is 8.54. The van der Waals surface area contributed by atoms with Crippen molar-refractivity contribution in [3.8, 4) is 5.75 Å². The second-order valence-corrected chi connectivity index (χ2v) is 7.19. The molecule has 28 heavy (non-hydrogen) atoms. The molecule has 0 radical (unpaired) electrons. The maximum Gasteiger partial charge on any atom is 0.251 e. The van der Waals surface area contributed by atoms with Gasteiger partial charge in [0.05, 0.1) is 5.69 Å². The molecule has 2 aromatic heterocycles. The van der Waals surface area contributed by atoms with Crippen LogP contribution in [0, 0.1) is 6.92 Å². The zero-order chi connectivity index (χ0) is 18.7. The van der Waals surface area contributed by atoms with E-state index >= 15 is 0 Å². The van der Waals surface area contributed by atoms with Crippen LogP contribution in [-0.2, 0) is 6.61 Å². The lowest BCUT2D eigenvalue weighted by atomic mass is 10.1. The highest BCUT2D eigenvalue weighted by Gasteiger charge is 2.14. The number of pyridine rings is 1. The summed E-state index contributed by atoms with van der Waals surface area (Å²) in [6.45, 7) is 6.50. The number of amides is 1. The van der Waals surface area contributed by atoms with Gasteiger partial charge in [0.2, 0.25) is 0 Å². The van der Waals surface area contributed by atoms with Crippen LogP contribution in [0.4, 0.5) is 0 Å². The van der Waals surface area contributed by atoms with E-state index in [9.17, 15) is 4.79 Å². The quantitative estimate of drug-likeness (QED) is 0.633. The Morgan fingerprint density at radius 3 is 2.68 bits per heavy atom. The third kappa shape index (κ3) is 6.41. The van der Waals surface area contributed by atoms with Gasteiger partial charge in [-0.05, 0) is 50.6 Å². The summed E-state index contributed by atoms with van der Waals surface area (Å²) in [6, 6.07) is 11.1. The minimum atomic E-state index is -0.453. The van der Waals surface area contributed by atoms with Crippen molar-refractivity contribution in [3.05, 3.63) is 65.6 Å². The molecule has 0 atom stereocenters. The number of nitrogens with one attached hydrogen (secondary N) is 1. The summed E-state index contributed by atoms with van der Waals surface area (Å²) in [5.74, 6) is 0.454. The number of ether oxygens (including phenoxy) is 1. The second kappa shape index (κ2) is 9.78. The van der Waals surface area contributed by atoms with Gasteiger partial charge in [0, 0.05) is 30.0 Å². The van der Waals surface area contributed by atoms with Crippen LogP contribution >= 0.6 is 24.8 Å². The molecule has 3 N–H and O–H groups in total. The van der Waals surface area contributed by atoms with Crippen LogP contribution in [0.3, 0.4) is 0 Å². The standard InChI is InChI=1S/C20H24N4O2.2ClH/c1-14-7-8-18-23-16(11-24(18)10-14)12-26-17-6-4-5-15(9-17)19(25)22-13-20(2,3)21;;/h4-11H,12-13,21H2,1-3H3,(H,22,25);2*1H. The van der Waals surface area contributed by atoms with Gasteiger partial charge in [-0.15, -0.1) is 24.8 Å². The van der Waals surface area contributed by atoms with E-state index < -0.39 is 5.54 Å². The summed E-state index contributed by atoms with van der Waals surface area (Å²) in [5, 5.41) is 2.83. The van der Waals surface area contributed by atoms with Gasteiger partial charge in [-0.2, -0.15) is 0 Å². The summed E-state index contributed by atoms with van der Waals surface area (Å²) in [5.41, 5.74) is 8.86. The van der Waals surface area contributed by atoms with E-state index in [4.69, 9.17) is 10.5 Å². The molecular weight excluding hydrogens is 399 g/mol. The average Bonchev–Trinajstić information content (AvgIpc) is 2.99. The molecule has 0 aliphatic carbocycles. The van der Waals surface area contributed by atoms with E-state index in [1.54, 1.807) is 18.2 Å². The normalized spacial score (nSPS) is 10.7. The Kier molecular flexibility index (Phi) is 8.29. The number of rotatable bonds is 6. The molecule has 0 aliphatic heterocycles. The SMILES string of the molecule is Cc1ccc2nc(COc3cccc(C(=O)NCC(C)(C)N)c3)cn2c1.Cl.Cl. The van der Waals surface area contributed by atoms with Crippen LogP contribution in [-0.4, -0.2) is 27.4 Å². The number of fused-ring (bicyclic) bond motifs is 1. The molecule has 3 aromatic rings. The monoisotopic (exact) mass is 424 g/mol. The molecule has 152 valence electrons. The van der Waals surface area contributed by atoms with Crippen LogP contribution in [0.25, 0.3) is 5.65 Å². The number of aryl methyl sites for hydroxylation is 1.